The van der Waals surface area contributed by atoms with E-state index in [0.29, 0.717) is 5.65 Å². The fourth-order valence-corrected chi connectivity index (χ4v) is 2.05. The van der Waals surface area contributed by atoms with E-state index in [1.54, 1.807) is 20.0 Å². The van der Waals surface area contributed by atoms with E-state index in [1.165, 1.54) is 0 Å². The second kappa shape index (κ2) is 4.96. The molecule has 0 bridgehead atoms. The highest BCUT2D eigenvalue weighted by Crippen LogP contribution is 2.12. The molecule has 6 nitrogen and oxygen atoms in total. The maximum absolute atomic E-state index is 12.1. The lowest BCUT2D eigenvalue weighted by Gasteiger charge is -2.23. The Labute approximate surface area is 116 Å². The van der Waals surface area contributed by atoms with Crippen LogP contribution in [0.25, 0.3) is 5.65 Å². The van der Waals surface area contributed by atoms with Crippen molar-refractivity contribution in [2.24, 2.45) is 0 Å². The molecule has 1 amide bonds. The normalized spacial score (nSPS) is 11.6. The van der Waals surface area contributed by atoms with E-state index in [2.05, 4.69) is 10.3 Å². The molecule has 0 aliphatic rings. The Morgan fingerprint density at radius 2 is 2.10 bits per heavy atom. The quantitative estimate of drug-likeness (QED) is 0.888. The third-order valence-electron chi connectivity index (χ3n) is 2.97. The summed E-state index contributed by atoms with van der Waals surface area (Å²) in [6.45, 7) is 5.25. The average molecular weight is 275 g/mol. The van der Waals surface area contributed by atoms with Gasteiger partial charge in [-0.2, -0.15) is 0 Å². The molecule has 2 rings (SSSR count). The van der Waals surface area contributed by atoms with E-state index >= 15 is 0 Å². The predicted octanol–water partition coefficient (Wildman–Crippen LogP) is 1.63. The van der Waals surface area contributed by atoms with Crippen LogP contribution in [0.15, 0.2) is 24.4 Å². The van der Waals surface area contributed by atoms with Crippen molar-refractivity contribution in [2.45, 2.75) is 32.7 Å². The number of imidazole rings is 1. The maximum atomic E-state index is 12.1. The molecule has 0 saturated heterocycles. The number of carbonyl (C=O) groups excluding carboxylic acids is 1. The van der Waals surface area contributed by atoms with Crippen LogP contribution in [0, 0.1) is 6.92 Å². The molecule has 0 fully saturated rings. The minimum Gasteiger partial charge on any atom is -0.481 e. The molecule has 0 saturated carbocycles. The minimum absolute atomic E-state index is 0.148. The first-order valence-electron chi connectivity index (χ1n) is 6.27. The zero-order valence-corrected chi connectivity index (χ0v) is 11.7. The smallest absolute Gasteiger partial charge is 0.305 e. The van der Waals surface area contributed by atoms with Crippen LogP contribution in [0.2, 0.25) is 0 Å². The summed E-state index contributed by atoms with van der Waals surface area (Å²) in [4.78, 5) is 27.1. The van der Waals surface area contributed by atoms with E-state index < -0.39 is 11.5 Å². The highest BCUT2D eigenvalue weighted by atomic mass is 16.4. The molecule has 2 aromatic heterocycles. The number of pyridine rings is 1. The van der Waals surface area contributed by atoms with Gasteiger partial charge in [0.25, 0.3) is 5.91 Å². The van der Waals surface area contributed by atoms with Crippen molar-refractivity contribution < 1.29 is 14.7 Å². The van der Waals surface area contributed by atoms with Gasteiger partial charge in [0.1, 0.15) is 11.3 Å². The Bertz CT molecular complexity index is 673. The van der Waals surface area contributed by atoms with Crippen molar-refractivity contribution in [3.05, 3.63) is 35.8 Å². The number of aromatic nitrogens is 2. The second-order valence-corrected chi connectivity index (χ2v) is 5.43. The number of aliphatic carboxylic acids is 1. The van der Waals surface area contributed by atoms with Gasteiger partial charge in [-0.1, -0.05) is 6.07 Å². The van der Waals surface area contributed by atoms with E-state index in [4.69, 9.17) is 5.11 Å². The van der Waals surface area contributed by atoms with Gasteiger partial charge in [-0.3, -0.25) is 9.59 Å². The molecular formula is C14H17N3O3. The van der Waals surface area contributed by atoms with Gasteiger partial charge in [0.15, 0.2) is 0 Å². The summed E-state index contributed by atoms with van der Waals surface area (Å²) in [5.41, 5.74) is 1.11. The number of nitrogens with zero attached hydrogens (tertiary/aromatic N) is 2. The summed E-state index contributed by atoms with van der Waals surface area (Å²) in [5.74, 6) is -1.33. The van der Waals surface area contributed by atoms with Crippen molar-refractivity contribution in [1.29, 1.82) is 0 Å². The molecule has 0 atom stereocenters. The van der Waals surface area contributed by atoms with E-state index in [1.807, 2.05) is 29.5 Å². The molecule has 0 aliphatic carbocycles. The van der Waals surface area contributed by atoms with Crippen LogP contribution >= 0.6 is 0 Å². The van der Waals surface area contributed by atoms with Crippen molar-refractivity contribution >= 4 is 17.5 Å². The van der Waals surface area contributed by atoms with Gasteiger partial charge < -0.3 is 14.8 Å². The van der Waals surface area contributed by atoms with Crippen molar-refractivity contribution in [2.75, 3.05) is 0 Å². The number of carboxylic acids is 1. The minimum atomic E-state index is -0.957. The van der Waals surface area contributed by atoms with Crippen molar-refractivity contribution in [1.82, 2.24) is 14.7 Å². The predicted molar refractivity (Wildman–Crippen MR) is 73.7 cm³/mol. The summed E-state index contributed by atoms with van der Waals surface area (Å²) in [6.07, 6.45) is 1.50. The lowest BCUT2D eigenvalue weighted by molar-refractivity contribution is -0.138. The largest absolute Gasteiger partial charge is 0.481 e. The zero-order chi connectivity index (χ0) is 14.9. The summed E-state index contributed by atoms with van der Waals surface area (Å²) in [5, 5.41) is 11.5. The Morgan fingerprint density at radius 3 is 2.70 bits per heavy atom. The summed E-state index contributed by atoms with van der Waals surface area (Å²) in [6, 6.07) is 5.60. The zero-order valence-electron chi connectivity index (χ0n) is 11.7. The van der Waals surface area contributed by atoms with E-state index in [-0.39, 0.29) is 18.0 Å². The van der Waals surface area contributed by atoms with E-state index in [9.17, 15) is 9.59 Å². The van der Waals surface area contributed by atoms with Crippen LogP contribution in [0.3, 0.4) is 0 Å². The Balaban J connectivity index is 2.23. The first kappa shape index (κ1) is 14.0. The molecule has 0 radical (unpaired) electrons. The molecular weight excluding hydrogens is 258 g/mol. The van der Waals surface area contributed by atoms with Crippen molar-refractivity contribution in [3.8, 4) is 0 Å². The molecule has 6 heteroatoms. The number of carbonyl (C=O) groups is 2. The first-order chi connectivity index (χ1) is 9.28. The van der Waals surface area contributed by atoms with Crippen LogP contribution in [0.4, 0.5) is 0 Å². The topological polar surface area (TPSA) is 83.7 Å². The van der Waals surface area contributed by atoms with Gasteiger partial charge in [0.2, 0.25) is 0 Å². The van der Waals surface area contributed by atoms with Crippen molar-refractivity contribution in [3.63, 3.8) is 0 Å². The highest BCUT2D eigenvalue weighted by molar-refractivity contribution is 5.93. The third kappa shape index (κ3) is 2.96. The fraction of sp³-hybridized carbons (Fsp3) is 0.357. The molecule has 0 aliphatic heterocycles. The number of fused-ring (bicyclic) bond motifs is 1. The van der Waals surface area contributed by atoms with Gasteiger partial charge in [0, 0.05) is 17.4 Å². The molecule has 20 heavy (non-hydrogen) atoms. The Hall–Kier alpha value is -2.37. The number of amides is 1. The summed E-state index contributed by atoms with van der Waals surface area (Å²) >= 11 is 0. The molecule has 106 valence electrons. The highest BCUT2D eigenvalue weighted by Gasteiger charge is 2.25. The Kier molecular flexibility index (Phi) is 3.48. The Morgan fingerprint density at radius 1 is 1.40 bits per heavy atom. The van der Waals surface area contributed by atoms with Crippen LogP contribution in [-0.4, -0.2) is 31.9 Å². The summed E-state index contributed by atoms with van der Waals surface area (Å²) in [7, 11) is 0. The second-order valence-electron chi connectivity index (χ2n) is 5.43. The molecule has 0 unspecified atom stereocenters. The molecule has 2 heterocycles. The van der Waals surface area contributed by atoms with Gasteiger partial charge >= 0.3 is 5.97 Å². The molecule has 2 aromatic rings. The molecule has 2 N–H and O–H groups in total. The SMILES string of the molecule is Cc1cccc2nc(C(=O)NC(C)(C)CC(=O)O)cn12. The number of nitrogens with one attached hydrogen (secondary N) is 1. The van der Waals surface area contributed by atoms with Gasteiger partial charge in [-0.15, -0.1) is 0 Å². The van der Waals surface area contributed by atoms with Crippen LogP contribution in [-0.2, 0) is 4.79 Å². The third-order valence-corrected chi connectivity index (χ3v) is 2.97. The van der Waals surface area contributed by atoms with Gasteiger partial charge in [-0.25, -0.2) is 4.98 Å². The van der Waals surface area contributed by atoms with Crippen LogP contribution < -0.4 is 5.32 Å². The standard InChI is InChI=1S/C14H17N3O3/c1-9-5-4-6-11-15-10(8-17(9)11)13(20)16-14(2,3)7-12(18)19/h4-6,8H,7H2,1-3H3,(H,16,20)(H,18,19). The molecule has 0 spiro atoms. The van der Waals surface area contributed by atoms with Gasteiger partial charge in [0.05, 0.1) is 6.42 Å². The molecule has 0 aromatic carbocycles. The van der Waals surface area contributed by atoms with Crippen LogP contribution in [0.5, 0.6) is 0 Å². The van der Waals surface area contributed by atoms with Crippen LogP contribution in [0.1, 0.15) is 36.5 Å². The summed E-state index contributed by atoms with van der Waals surface area (Å²) < 4.78 is 1.82. The lowest BCUT2D eigenvalue weighted by atomic mass is 10.0. The number of hydrogen-bond acceptors (Lipinski definition) is 3. The maximum Gasteiger partial charge on any atom is 0.305 e. The lowest BCUT2D eigenvalue weighted by Crippen LogP contribution is -2.45. The number of rotatable bonds is 4. The first-order valence-corrected chi connectivity index (χ1v) is 6.27. The fourth-order valence-electron chi connectivity index (χ4n) is 2.05. The monoisotopic (exact) mass is 275 g/mol. The van der Waals surface area contributed by atoms with Gasteiger partial charge in [-0.05, 0) is 32.9 Å². The number of aryl methyl sites for hydroxylation is 1. The average Bonchev–Trinajstić information content (AvgIpc) is 2.71. The van der Waals surface area contributed by atoms with E-state index in [0.717, 1.165) is 5.69 Å². The number of hydrogen-bond donors (Lipinski definition) is 2. The number of carboxylic acid groups (broad SMARTS) is 1.